The Morgan fingerprint density at radius 1 is 1.16 bits per heavy atom. The van der Waals surface area contributed by atoms with Crippen LogP contribution in [0.2, 0.25) is 0 Å². The Bertz CT molecular complexity index is 1190. The van der Waals surface area contributed by atoms with E-state index in [1.54, 1.807) is 41.8 Å². The highest BCUT2D eigenvalue weighted by atomic mass is 19.4. The van der Waals surface area contributed by atoms with Crippen LogP contribution in [-0.4, -0.2) is 55.2 Å². The van der Waals surface area contributed by atoms with Crippen molar-refractivity contribution in [3.05, 3.63) is 41.1 Å². The van der Waals surface area contributed by atoms with Crippen LogP contribution in [0.1, 0.15) is 60.1 Å². The van der Waals surface area contributed by atoms with E-state index >= 15 is 0 Å². The number of hydrogen-bond acceptors (Lipinski definition) is 5. The lowest BCUT2D eigenvalue weighted by atomic mass is 9.91. The second-order valence-corrected chi connectivity index (χ2v) is 8.45. The molecule has 32 heavy (non-hydrogen) atoms. The van der Waals surface area contributed by atoms with Gasteiger partial charge in [0, 0.05) is 32.1 Å². The van der Waals surface area contributed by atoms with Crippen molar-refractivity contribution in [1.29, 1.82) is 0 Å². The van der Waals surface area contributed by atoms with Crippen LogP contribution in [0.4, 0.5) is 18.9 Å². The maximum Gasteiger partial charge on any atom is 0.433 e. The molecular formula is C20H24F3N7O2. The van der Waals surface area contributed by atoms with Gasteiger partial charge in [-0.3, -0.25) is 14.3 Å². The minimum Gasteiger partial charge on any atom is -0.343 e. The van der Waals surface area contributed by atoms with Crippen molar-refractivity contribution in [1.82, 2.24) is 29.3 Å². The Hall–Kier alpha value is -3.44. The Morgan fingerprint density at radius 2 is 1.81 bits per heavy atom. The lowest BCUT2D eigenvalue weighted by Gasteiger charge is -2.19. The summed E-state index contributed by atoms with van der Waals surface area (Å²) in [7, 11) is 3.11. The molecule has 0 aliphatic rings. The summed E-state index contributed by atoms with van der Waals surface area (Å²) < 4.78 is 43.0. The van der Waals surface area contributed by atoms with Gasteiger partial charge in [-0.05, 0) is 13.0 Å². The largest absolute Gasteiger partial charge is 0.433 e. The van der Waals surface area contributed by atoms with Gasteiger partial charge in [-0.25, -0.2) is 9.50 Å². The number of aromatic nitrogens is 5. The predicted molar refractivity (Wildman–Crippen MR) is 111 cm³/mol. The molecular weight excluding hydrogens is 427 g/mol. The summed E-state index contributed by atoms with van der Waals surface area (Å²) in [5, 5.41) is 10.4. The van der Waals surface area contributed by atoms with Gasteiger partial charge in [-0.15, -0.1) is 0 Å². The number of rotatable bonds is 4. The van der Waals surface area contributed by atoms with Crippen LogP contribution in [0.5, 0.6) is 0 Å². The molecule has 0 bridgehead atoms. The number of fused-ring (bicyclic) bond motifs is 1. The fourth-order valence-electron chi connectivity index (χ4n) is 3.01. The van der Waals surface area contributed by atoms with Gasteiger partial charge in [0.15, 0.2) is 11.3 Å². The standard InChI is InChI=1S/C20H24F3N7O2/c1-7-29-16(18(32)28(5)6)12(10-24-29)25-17(31)11-8-15-26-13(19(2,3)4)9-14(20(21,22)23)30(15)27-11/h8-10H,7H2,1-6H3,(H,25,31). The smallest absolute Gasteiger partial charge is 0.343 e. The van der Waals surface area contributed by atoms with Gasteiger partial charge < -0.3 is 10.2 Å². The van der Waals surface area contributed by atoms with Gasteiger partial charge in [0.1, 0.15) is 11.4 Å². The zero-order chi connectivity index (χ0) is 24.0. The fourth-order valence-corrected chi connectivity index (χ4v) is 3.01. The molecule has 3 aromatic heterocycles. The normalized spacial score (nSPS) is 12.3. The summed E-state index contributed by atoms with van der Waals surface area (Å²) in [5.74, 6) is -1.17. The molecule has 2 amide bonds. The lowest BCUT2D eigenvalue weighted by molar-refractivity contribution is -0.142. The van der Waals surface area contributed by atoms with Crippen molar-refractivity contribution in [2.24, 2.45) is 0 Å². The van der Waals surface area contributed by atoms with E-state index in [0.717, 1.165) is 6.07 Å². The van der Waals surface area contributed by atoms with Gasteiger partial charge >= 0.3 is 6.18 Å². The predicted octanol–water partition coefficient (Wildman–Crippen LogP) is 3.22. The van der Waals surface area contributed by atoms with Crippen LogP contribution in [-0.2, 0) is 18.1 Å². The molecule has 0 aromatic carbocycles. The van der Waals surface area contributed by atoms with Crippen LogP contribution in [0.25, 0.3) is 5.65 Å². The molecule has 172 valence electrons. The van der Waals surface area contributed by atoms with Crippen LogP contribution in [0.15, 0.2) is 18.3 Å². The molecule has 3 heterocycles. The third-order valence-electron chi connectivity index (χ3n) is 4.71. The molecule has 0 fully saturated rings. The number of anilines is 1. The highest BCUT2D eigenvalue weighted by molar-refractivity contribution is 6.07. The molecule has 0 spiro atoms. The second kappa shape index (κ2) is 7.92. The Labute approximate surface area is 182 Å². The molecule has 0 aliphatic heterocycles. The fraction of sp³-hybridized carbons (Fsp3) is 0.450. The van der Waals surface area contributed by atoms with E-state index in [0.29, 0.717) is 11.1 Å². The first-order valence-electron chi connectivity index (χ1n) is 9.81. The molecule has 12 heteroatoms. The van der Waals surface area contributed by atoms with E-state index in [1.165, 1.54) is 21.8 Å². The van der Waals surface area contributed by atoms with Crippen molar-refractivity contribution in [3.63, 3.8) is 0 Å². The summed E-state index contributed by atoms with van der Waals surface area (Å²) in [6.45, 7) is 7.39. The Balaban J connectivity index is 2.06. The van der Waals surface area contributed by atoms with E-state index in [4.69, 9.17) is 0 Å². The summed E-state index contributed by atoms with van der Waals surface area (Å²) >= 11 is 0. The second-order valence-electron chi connectivity index (χ2n) is 8.45. The number of halogens is 3. The first-order chi connectivity index (χ1) is 14.7. The van der Waals surface area contributed by atoms with E-state index in [-0.39, 0.29) is 34.3 Å². The van der Waals surface area contributed by atoms with Crippen LogP contribution >= 0.6 is 0 Å². The SMILES string of the molecule is CCn1ncc(NC(=O)c2cc3nc(C(C)(C)C)cc(C(F)(F)F)n3n2)c1C(=O)N(C)C. The average Bonchev–Trinajstić information content (AvgIpc) is 3.28. The van der Waals surface area contributed by atoms with Gasteiger partial charge in [-0.1, -0.05) is 20.8 Å². The van der Waals surface area contributed by atoms with Crippen LogP contribution in [0, 0.1) is 0 Å². The zero-order valence-corrected chi connectivity index (χ0v) is 18.6. The highest BCUT2D eigenvalue weighted by Crippen LogP contribution is 2.32. The molecule has 9 nitrogen and oxygen atoms in total. The summed E-state index contributed by atoms with van der Waals surface area (Å²) in [6, 6.07) is 2.11. The summed E-state index contributed by atoms with van der Waals surface area (Å²) in [6.07, 6.45) is -3.39. The molecule has 0 saturated heterocycles. The van der Waals surface area contributed by atoms with Crippen LogP contribution < -0.4 is 5.32 Å². The number of nitrogens with one attached hydrogen (secondary N) is 1. The molecule has 0 atom stereocenters. The number of nitrogens with zero attached hydrogens (tertiary/aromatic N) is 6. The number of carbonyl (C=O) groups excluding carboxylic acids is 2. The molecule has 3 rings (SSSR count). The molecule has 0 saturated carbocycles. The molecule has 3 aromatic rings. The molecule has 1 N–H and O–H groups in total. The average molecular weight is 451 g/mol. The Morgan fingerprint density at radius 3 is 2.34 bits per heavy atom. The van der Waals surface area contributed by atoms with E-state index in [1.807, 2.05) is 0 Å². The van der Waals surface area contributed by atoms with Crippen LogP contribution in [0.3, 0.4) is 0 Å². The topological polar surface area (TPSA) is 97.4 Å². The Kier molecular flexibility index (Phi) is 5.75. The zero-order valence-electron chi connectivity index (χ0n) is 18.6. The van der Waals surface area contributed by atoms with E-state index in [2.05, 4.69) is 20.5 Å². The van der Waals surface area contributed by atoms with Gasteiger partial charge in [0.05, 0.1) is 17.6 Å². The van der Waals surface area contributed by atoms with Gasteiger partial charge in [-0.2, -0.15) is 23.4 Å². The lowest BCUT2D eigenvalue weighted by Crippen LogP contribution is -2.26. The third-order valence-corrected chi connectivity index (χ3v) is 4.71. The van der Waals surface area contributed by atoms with Crippen molar-refractivity contribution in [3.8, 4) is 0 Å². The maximum absolute atomic E-state index is 13.7. The number of hydrogen-bond donors (Lipinski definition) is 1. The summed E-state index contributed by atoms with van der Waals surface area (Å²) in [4.78, 5) is 30.9. The molecule has 0 unspecified atom stereocenters. The van der Waals surface area contributed by atoms with Crippen molar-refractivity contribution in [2.45, 2.75) is 45.8 Å². The van der Waals surface area contributed by atoms with Crippen molar-refractivity contribution >= 4 is 23.1 Å². The monoisotopic (exact) mass is 451 g/mol. The first kappa shape index (κ1) is 23.2. The minimum atomic E-state index is -4.70. The quantitative estimate of drug-likeness (QED) is 0.657. The molecule has 0 radical (unpaired) electrons. The highest BCUT2D eigenvalue weighted by Gasteiger charge is 2.36. The molecule has 0 aliphatic carbocycles. The number of alkyl halides is 3. The summed E-state index contributed by atoms with van der Waals surface area (Å²) in [5.41, 5.74) is -1.57. The minimum absolute atomic E-state index is 0.108. The number of aryl methyl sites for hydroxylation is 1. The van der Waals surface area contributed by atoms with Crippen molar-refractivity contribution in [2.75, 3.05) is 19.4 Å². The number of amides is 2. The first-order valence-corrected chi connectivity index (χ1v) is 9.81. The number of carbonyl (C=O) groups is 2. The van der Waals surface area contributed by atoms with Crippen molar-refractivity contribution < 1.29 is 22.8 Å². The van der Waals surface area contributed by atoms with Gasteiger partial charge in [0.2, 0.25) is 0 Å². The van der Waals surface area contributed by atoms with E-state index < -0.39 is 23.2 Å². The third kappa shape index (κ3) is 4.30. The van der Waals surface area contributed by atoms with E-state index in [9.17, 15) is 22.8 Å². The van der Waals surface area contributed by atoms with Gasteiger partial charge in [0.25, 0.3) is 11.8 Å². The maximum atomic E-state index is 13.7.